The maximum Gasteiger partial charge on any atom is 0.306 e. The van der Waals surface area contributed by atoms with Gasteiger partial charge in [-0.2, -0.15) is 4.39 Å². The van der Waals surface area contributed by atoms with Gasteiger partial charge in [0.25, 0.3) is 0 Å². The first-order valence-electron chi connectivity index (χ1n) is 5.65. The topological polar surface area (TPSA) is 98.0 Å². The van der Waals surface area contributed by atoms with Gasteiger partial charge in [-0.1, -0.05) is 23.1 Å². The number of hydrogen-bond acceptors (Lipinski definition) is 7. The van der Waals surface area contributed by atoms with E-state index in [4.69, 9.17) is 0 Å². The van der Waals surface area contributed by atoms with E-state index in [0.29, 0.717) is 4.34 Å². The van der Waals surface area contributed by atoms with Crippen LogP contribution >= 0.6 is 23.1 Å². The molecule has 2 aromatic rings. The highest BCUT2D eigenvalue weighted by atomic mass is 32.2. The molecule has 0 aliphatic heterocycles. The number of carbonyl (C=O) groups is 1. The number of anilines is 1. The quantitative estimate of drug-likeness (QED) is 0.515. The third-order valence-corrected chi connectivity index (χ3v) is 4.31. The van der Waals surface area contributed by atoms with Gasteiger partial charge in [0.1, 0.15) is 5.51 Å². The summed E-state index contributed by atoms with van der Waals surface area (Å²) in [6.07, 6.45) is 0. The van der Waals surface area contributed by atoms with Crippen molar-refractivity contribution < 1.29 is 14.1 Å². The minimum absolute atomic E-state index is 0.165. The molecule has 10 heteroatoms. The van der Waals surface area contributed by atoms with Crippen LogP contribution in [0.1, 0.15) is 6.92 Å². The predicted molar refractivity (Wildman–Crippen MR) is 76.9 cm³/mol. The Hall–Kier alpha value is -2.07. The standard InChI is InChI=1S/C11H9FN4O3S2/c1-6(21-11-15-13-5-20-11)10(17)14-7-2-3-8(12)9(4-7)16(18)19/h2-6H,1H3,(H,14,17). The van der Waals surface area contributed by atoms with Crippen LogP contribution in [0.4, 0.5) is 15.8 Å². The molecule has 1 amide bonds. The van der Waals surface area contributed by atoms with Crippen LogP contribution in [0.15, 0.2) is 28.0 Å². The van der Waals surface area contributed by atoms with Gasteiger partial charge in [0, 0.05) is 11.8 Å². The molecule has 0 aliphatic rings. The lowest BCUT2D eigenvalue weighted by Crippen LogP contribution is -2.22. The highest BCUT2D eigenvalue weighted by Crippen LogP contribution is 2.26. The van der Waals surface area contributed by atoms with E-state index in [9.17, 15) is 19.3 Å². The van der Waals surface area contributed by atoms with Gasteiger partial charge in [-0.15, -0.1) is 10.2 Å². The predicted octanol–water partition coefficient (Wildman–Crippen LogP) is 2.70. The van der Waals surface area contributed by atoms with Crippen LogP contribution in [0, 0.1) is 15.9 Å². The maximum absolute atomic E-state index is 13.2. The van der Waals surface area contributed by atoms with Gasteiger partial charge in [0.05, 0.1) is 10.2 Å². The summed E-state index contributed by atoms with van der Waals surface area (Å²) in [6, 6.07) is 3.19. The van der Waals surface area contributed by atoms with Crippen LogP contribution in [0.2, 0.25) is 0 Å². The number of nitrogens with zero attached hydrogens (tertiary/aromatic N) is 3. The average Bonchev–Trinajstić information content (AvgIpc) is 2.93. The first-order chi connectivity index (χ1) is 9.97. The monoisotopic (exact) mass is 328 g/mol. The number of aromatic nitrogens is 2. The Bertz CT molecular complexity index is 665. The van der Waals surface area contributed by atoms with Crippen LogP contribution in [0.3, 0.4) is 0 Å². The normalized spacial score (nSPS) is 11.9. The van der Waals surface area contributed by atoms with Crippen LogP contribution in [0.25, 0.3) is 0 Å². The number of carbonyl (C=O) groups excluding carboxylic acids is 1. The number of nitro groups is 1. The molecule has 110 valence electrons. The van der Waals surface area contributed by atoms with Crippen molar-refractivity contribution in [2.24, 2.45) is 0 Å². The lowest BCUT2D eigenvalue weighted by atomic mass is 10.2. The molecule has 0 aliphatic carbocycles. The molecule has 2 rings (SSSR count). The molecule has 0 saturated heterocycles. The first kappa shape index (κ1) is 15.3. The molecule has 1 heterocycles. The Labute approximate surface area is 126 Å². The number of thioether (sulfide) groups is 1. The van der Waals surface area contributed by atoms with Crippen molar-refractivity contribution in [1.82, 2.24) is 10.2 Å². The van der Waals surface area contributed by atoms with Crippen molar-refractivity contribution >= 4 is 40.4 Å². The van der Waals surface area contributed by atoms with Crippen LogP contribution in [-0.4, -0.2) is 26.3 Å². The minimum atomic E-state index is -0.950. The molecule has 1 unspecified atom stereocenters. The Balaban J connectivity index is 2.05. The smallest absolute Gasteiger partial charge is 0.306 e. The molecule has 7 nitrogen and oxygen atoms in total. The maximum atomic E-state index is 13.2. The van der Waals surface area contributed by atoms with Gasteiger partial charge in [-0.05, 0) is 19.1 Å². The van der Waals surface area contributed by atoms with Crippen molar-refractivity contribution in [2.45, 2.75) is 16.5 Å². The minimum Gasteiger partial charge on any atom is -0.325 e. The Morgan fingerprint density at radius 1 is 1.57 bits per heavy atom. The van der Waals surface area contributed by atoms with E-state index in [-0.39, 0.29) is 11.6 Å². The molecular formula is C11H9FN4O3S2. The van der Waals surface area contributed by atoms with Gasteiger partial charge in [-0.3, -0.25) is 14.9 Å². The summed E-state index contributed by atoms with van der Waals surface area (Å²) < 4.78 is 13.8. The number of nitrogens with one attached hydrogen (secondary N) is 1. The Morgan fingerprint density at radius 3 is 2.95 bits per heavy atom. The summed E-state index contributed by atoms with van der Waals surface area (Å²) >= 11 is 2.52. The summed E-state index contributed by atoms with van der Waals surface area (Å²) in [4.78, 5) is 21.8. The number of rotatable bonds is 5. The van der Waals surface area contributed by atoms with Crippen LogP contribution < -0.4 is 5.32 Å². The van der Waals surface area contributed by atoms with Crippen LogP contribution in [-0.2, 0) is 4.79 Å². The van der Waals surface area contributed by atoms with E-state index >= 15 is 0 Å². The van der Waals surface area contributed by atoms with E-state index < -0.39 is 21.7 Å². The van der Waals surface area contributed by atoms with Crippen molar-refractivity contribution in [3.8, 4) is 0 Å². The van der Waals surface area contributed by atoms with Crippen molar-refractivity contribution in [1.29, 1.82) is 0 Å². The molecule has 0 fully saturated rings. The van der Waals surface area contributed by atoms with Crippen molar-refractivity contribution in [2.75, 3.05) is 5.32 Å². The lowest BCUT2D eigenvalue weighted by Gasteiger charge is -2.10. The second kappa shape index (κ2) is 6.59. The number of halogens is 1. The Morgan fingerprint density at radius 2 is 2.33 bits per heavy atom. The fourth-order valence-electron chi connectivity index (χ4n) is 1.39. The summed E-state index contributed by atoms with van der Waals surface area (Å²) in [5.74, 6) is -1.31. The van der Waals surface area contributed by atoms with E-state index in [1.54, 1.807) is 12.4 Å². The van der Waals surface area contributed by atoms with E-state index in [2.05, 4.69) is 15.5 Å². The molecule has 0 radical (unpaired) electrons. The zero-order chi connectivity index (χ0) is 15.4. The Kier molecular flexibility index (Phi) is 4.81. The molecule has 21 heavy (non-hydrogen) atoms. The molecule has 1 atom stereocenters. The lowest BCUT2D eigenvalue weighted by molar-refractivity contribution is -0.387. The molecule has 1 N–H and O–H groups in total. The molecule has 0 bridgehead atoms. The third-order valence-electron chi connectivity index (χ3n) is 2.40. The summed E-state index contributed by atoms with van der Waals surface area (Å²) in [5.41, 5.74) is 1.03. The number of nitro benzene ring substituents is 1. The number of benzene rings is 1. The van der Waals surface area contributed by atoms with Gasteiger partial charge < -0.3 is 5.32 Å². The highest BCUT2D eigenvalue weighted by Gasteiger charge is 2.19. The molecule has 1 aromatic heterocycles. The SMILES string of the molecule is CC(Sc1nncs1)C(=O)Nc1ccc(F)c([N+](=O)[O-])c1. The fraction of sp³-hybridized carbons (Fsp3) is 0.182. The zero-order valence-electron chi connectivity index (χ0n) is 10.6. The van der Waals surface area contributed by atoms with Gasteiger partial charge >= 0.3 is 5.69 Å². The third kappa shape index (κ3) is 3.95. The van der Waals surface area contributed by atoms with Gasteiger partial charge in [-0.25, -0.2) is 0 Å². The summed E-state index contributed by atoms with van der Waals surface area (Å²) in [6.45, 7) is 1.67. The second-order valence-corrected chi connectivity index (χ2v) is 6.30. The zero-order valence-corrected chi connectivity index (χ0v) is 12.3. The molecule has 1 aromatic carbocycles. The van der Waals surface area contributed by atoms with Crippen molar-refractivity contribution in [3.05, 3.63) is 39.6 Å². The molecule has 0 spiro atoms. The summed E-state index contributed by atoms with van der Waals surface area (Å²) in [5, 5.41) is 20.1. The second-order valence-electron chi connectivity index (χ2n) is 3.88. The van der Waals surface area contributed by atoms with Gasteiger partial charge in [0.2, 0.25) is 11.7 Å². The molecule has 0 saturated carbocycles. The van der Waals surface area contributed by atoms with Crippen LogP contribution in [0.5, 0.6) is 0 Å². The van der Waals surface area contributed by atoms with Gasteiger partial charge in [0.15, 0.2) is 4.34 Å². The summed E-state index contributed by atoms with van der Waals surface area (Å²) in [7, 11) is 0. The average molecular weight is 328 g/mol. The fourth-order valence-corrected chi connectivity index (χ4v) is 3.02. The van der Waals surface area contributed by atoms with Crippen molar-refractivity contribution in [3.63, 3.8) is 0 Å². The highest BCUT2D eigenvalue weighted by molar-refractivity contribution is 8.02. The van der Waals surface area contributed by atoms with E-state index in [0.717, 1.165) is 12.1 Å². The van der Waals surface area contributed by atoms with E-state index in [1.165, 1.54) is 29.2 Å². The molecular weight excluding hydrogens is 319 g/mol. The largest absolute Gasteiger partial charge is 0.325 e. The number of amides is 1. The first-order valence-corrected chi connectivity index (χ1v) is 7.41. The van der Waals surface area contributed by atoms with E-state index in [1.807, 2.05) is 0 Å². The number of hydrogen-bond donors (Lipinski definition) is 1.